The summed E-state index contributed by atoms with van der Waals surface area (Å²) in [6.45, 7) is 4.82. The number of aliphatic hydroxyl groups is 1. The van der Waals surface area contributed by atoms with Gasteiger partial charge in [0.05, 0.1) is 18.2 Å². The van der Waals surface area contributed by atoms with E-state index in [-0.39, 0.29) is 0 Å². The van der Waals surface area contributed by atoms with E-state index >= 15 is 0 Å². The van der Waals surface area contributed by atoms with Gasteiger partial charge in [-0.25, -0.2) is 4.98 Å². The van der Waals surface area contributed by atoms with Crippen LogP contribution >= 0.6 is 0 Å². The van der Waals surface area contributed by atoms with Crippen LogP contribution in [0, 0.1) is 6.92 Å². The molecule has 0 bridgehead atoms. The summed E-state index contributed by atoms with van der Waals surface area (Å²) in [4.78, 5) is 4.37. The molecule has 0 fully saturated rings. The van der Waals surface area contributed by atoms with Crippen LogP contribution in [-0.4, -0.2) is 21.0 Å². The number of furan rings is 1. The molecule has 110 valence electrons. The van der Waals surface area contributed by atoms with Gasteiger partial charge in [0.15, 0.2) is 0 Å². The summed E-state index contributed by atoms with van der Waals surface area (Å²) in [6.07, 6.45) is 5.48. The number of aromatic nitrogens is 2. The van der Waals surface area contributed by atoms with Gasteiger partial charge >= 0.3 is 0 Å². The van der Waals surface area contributed by atoms with Crippen LogP contribution in [0.3, 0.4) is 0 Å². The molecule has 0 aliphatic rings. The summed E-state index contributed by atoms with van der Waals surface area (Å²) >= 11 is 0. The molecule has 5 heteroatoms. The van der Waals surface area contributed by atoms with Crippen LogP contribution in [0.25, 0.3) is 5.65 Å². The standard InChI is InChI=1S/C16H19N3O2/c1-12-5-6-15-18-9-13(19(15)10-12)8-17-11-16(2,20)14-4-3-7-21-14/h3-7,9-10,17,20H,8,11H2,1-2H3. The molecule has 0 amide bonds. The molecule has 0 radical (unpaired) electrons. The number of pyridine rings is 1. The summed E-state index contributed by atoms with van der Waals surface area (Å²) < 4.78 is 7.32. The number of fused-ring (bicyclic) bond motifs is 1. The number of rotatable bonds is 5. The average molecular weight is 285 g/mol. The summed E-state index contributed by atoms with van der Waals surface area (Å²) in [7, 11) is 0. The first-order chi connectivity index (χ1) is 10.1. The van der Waals surface area contributed by atoms with Crippen molar-refractivity contribution >= 4 is 5.65 Å². The molecule has 3 heterocycles. The highest BCUT2D eigenvalue weighted by Gasteiger charge is 2.25. The van der Waals surface area contributed by atoms with E-state index in [2.05, 4.69) is 27.8 Å². The highest BCUT2D eigenvalue weighted by molar-refractivity contribution is 5.41. The maximum absolute atomic E-state index is 10.4. The van der Waals surface area contributed by atoms with Crippen LogP contribution in [0.2, 0.25) is 0 Å². The highest BCUT2D eigenvalue weighted by Crippen LogP contribution is 2.20. The predicted octanol–water partition coefficient (Wildman–Crippen LogP) is 2.23. The maximum atomic E-state index is 10.4. The van der Waals surface area contributed by atoms with Crippen LogP contribution in [-0.2, 0) is 12.1 Å². The van der Waals surface area contributed by atoms with Crippen LogP contribution in [0.15, 0.2) is 47.3 Å². The largest absolute Gasteiger partial charge is 0.466 e. The third-order valence-electron chi connectivity index (χ3n) is 3.56. The lowest BCUT2D eigenvalue weighted by atomic mass is 10.0. The summed E-state index contributed by atoms with van der Waals surface area (Å²) in [5.74, 6) is 0.559. The molecule has 1 atom stereocenters. The van der Waals surface area contributed by atoms with Gasteiger partial charge in [-0.1, -0.05) is 6.07 Å². The Balaban J connectivity index is 1.68. The second-order valence-electron chi connectivity index (χ2n) is 5.54. The molecule has 5 nitrogen and oxygen atoms in total. The van der Waals surface area contributed by atoms with Crippen molar-refractivity contribution in [3.8, 4) is 0 Å². The van der Waals surface area contributed by atoms with Crippen molar-refractivity contribution < 1.29 is 9.52 Å². The lowest BCUT2D eigenvalue weighted by Gasteiger charge is -2.21. The van der Waals surface area contributed by atoms with Crippen LogP contribution in [0.5, 0.6) is 0 Å². The van der Waals surface area contributed by atoms with Gasteiger partial charge in [0.2, 0.25) is 0 Å². The normalized spacial score (nSPS) is 14.4. The second-order valence-corrected chi connectivity index (χ2v) is 5.54. The van der Waals surface area contributed by atoms with Crippen molar-refractivity contribution in [2.75, 3.05) is 6.54 Å². The molecule has 0 aliphatic heterocycles. The lowest BCUT2D eigenvalue weighted by Crippen LogP contribution is -2.35. The first-order valence-corrected chi connectivity index (χ1v) is 6.96. The van der Waals surface area contributed by atoms with Crippen molar-refractivity contribution in [3.63, 3.8) is 0 Å². The lowest BCUT2D eigenvalue weighted by molar-refractivity contribution is 0.0339. The van der Waals surface area contributed by atoms with Crippen molar-refractivity contribution in [2.45, 2.75) is 26.0 Å². The number of imidazole rings is 1. The van der Waals surface area contributed by atoms with Crippen LogP contribution in [0.4, 0.5) is 0 Å². The average Bonchev–Trinajstić information content (AvgIpc) is 3.08. The Bertz CT molecular complexity index is 729. The Morgan fingerprint density at radius 2 is 2.24 bits per heavy atom. The Morgan fingerprint density at radius 1 is 1.38 bits per heavy atom. The molecule has 3 aromatic rings. The quantitative estimate of drug-likeness (QED) is 0.754. The fourth-order valence-electron chi connectivity index (χ4n) is 2.37. The molecule has 0 aromatic carbocycles. The van der Waals surface area contributed by atoms with E-state index in [9.17, 15) is 5.11 Å². The SMILES string of the molecule is Cc1ccc2ncc(CNCC(C)(O)c3ccco3)n2c1. The smallest absolute Gasteiger partial charge is 0.136 e. The van der Waals surface area contributed by atoms with E-state index in [1.165, 1.54) is 5.56 Å². The summed E-state index contributed by atoms with van der Waals surface area (Å²) in [6, 6.07) is 7.59. The molecule has 0 saturated carbocycles. The van der Waals surface area contributed by atoms with Crippen molar-refractivity contribution in [1.82, 2.24) is 14.7 Å². The van der Waals surface area contributed by atoms with Gasteiger partial charge < -0.3 is 19.2 Å². The van der Waals surface area contributed by atoms with Crippen molar-refractivity contribution in [2.24, 2.45) is 0 Å². The first-order valence-electron chi connectivity index (χ1n) is 6.96. The van der Waals surface area contributed by atoms with Crippen LogP contribution < -0.4 is 5.32 Å². The van der Waals surface area contributed by atoms with Gasteiger partial charge in [0, 0.05) is 19.3 Å². The van der Waals surface area contributed by atoms with Gasteiger partial charge in [-0.3, -0.25) is 0 Å². The Hall–Kier alpha value is -2.11. The fourth-order valence-corrected chi connectivity index (χ4v) is 2.37. The summed E-state index contributed by atoms with van der Waals surface area (Å²) in [5, 5.41) is 13.6. The monoisotopic (exact) mass is 285 g/mol. The summed E-state index contributed by atoms with van der Waals surface area (Å²) in [5.41, 5.74) is 2.14. The van der Waals surface area contributed by atoms with Gasteiger partial charge in [-0.05, 0) is 37.6 Å². The Labute approximate surface area is 123 Å². The molecule has 0 saturated heterocycles. The number of aryl methyl sites for hydroxylation is 1. The third-order valence-corrected chi connectivity index (χ3v) is 3.56. The minimum absolute atomic E-state index is 0.402. The van der Waals surface area contributed by atoms with Gasteiger partial charge in [0.25, 0.3) is 0 Å². The van der Waals surface area contributed by atoms with E-state index in [1.54, 1.807) is 25.3 Å². The fraction of sp³-hybridized carbons (Fsp3) is 0.312. The maximum Gasteiger partial charge on any atom is 0.136 e. The van der Waals surface area contributed by atoms with Crippen molar-refractivity contribution in [3.05, 3.63) is 59.9 Å². The molecule has 1 unspecified atom stereocenters. The van der Waals surface area contributed by atoms with E-state index in [0.717, 1.165) is 11.3 Å². The molecule has 2 N–H and O–H groups in total. The first kappa shape index (κ1) is 13.9. The number of hydrogen-bond acceptors (Lipinski definition) is 4. The minimum Gasteiger partial charge on any atom is -0.466 e. The van der Waals surface area contributed by atoms with Crippen molar-refractivity contribution in [1.29, 1.82) is 0 Å². The van der Waals surface area contributed by atoms with E-state index in [0.29, 0.717) is 18.8 Å². The number of nitrogens with zero attached hydrogens (tertiary/aromatic N) is 2. The third kappa shape index (κ3) is 2.84. The molecule has 21 heavy (non-hydrogen) atoms. The highest BCUT2D eigenvalue weighted by atomic mass is 16.4. The molecule has 0 spiro atoms. The zero-order valence-corrected chi connectivity index (χ0v) is 12.2. The van der Waals surface area contributed by atoms with Gasteiger partial charge in [0.1, 0.15) is 17.0 Å². The number of hydrogen-bond donors (Lipinski definition) is 2. The topological polar surface area (TPSA) is 62.7 Å². The number of nitrogens with one attached hydrogen (secondary N) is 1. The molecule has 0 aliphatic carbocycles. The Kier molecular flexibility index (Phi) is 3.53. The van der Waals surface area contributed by atoms with Gasteiger partial charge in [-0.15, -0.1) is 0 Å². The van der Waals surface area contributed by atoms with E-state index in [4.69, 9.17) is 4.42 Å². The second kappa shape index (κ2) is 5.35. The van der Waals surface area contributed by atoms with E-state index in [1.807, 2.05) is 18.3 Å². The molecular weight excluding hydrogens is 266 g/mol. The zero-order valence-electron chi connectivity index (χ0n) is 12.2. The predicted molar refractivity (Wildman–Crippen MR) is 79.9 cm³/mol. The Morgan fingerprint density at radius 3 is 3.00 bits per heavy atom. The molecule has 3 rings (SSSR count). The van der Waals surface area contributed by atoms with E-state index < -0.39 is 5.60 Å². The minimum atomic E-state index is -1.03. The molecular formula is C16H19N3O2. The van der Waals surface area contributed by atoms with Crippen LogP contribution in [0.1, 0.15) is 23.9 Å². The zero-order chi connectivity index (χ0) is 14.9. The molecule has 3 aromatic heterocycles. The van der Waals surface area contributed by atoms with Gasteiger partial charge in [-0.2, -0.15) is 0 Å².